The Hall–Kier alpha value is -9.10. The molecule has 14 aromatic rings. The maximum atomic E-state index is 2.41. The second kappa shape index (κ2) is 16.3. The van der Waals surface area contributed by atoms with Gasteiger partial charge in [-0.25, -0.2) is 0 Å². The molecule has 324 valence electrons. The van der Waals surface area contributed by atoms with Gasteiger partial charge in [-0.1, -0.05) is 255 Å². The van der Waals surface area contributed by atoms with E-state index in [0.717, 1.165) is 0 Å². The van der Waals surface area contributed by atoms with Crippen LogP contribution in [0, 0.1) is 0 Å². The van der Waals surface area contributed by atoms with Crippen molar-refractivity contribution in [1.29, 1.82) is 0 Å². The highest BCUT2D eigenvalue weighted by Gasteiger charge is 2.21. The summed E-state index contributed by atoms with van der Waals surface area (Å²) < 4.78 is 0. The summed E-state index contributed by atoms with van der Waals surface area (Å²) in [5, 5.41) is 17.5. The molecule has 0 spiro atoms. The van der Waals surface area contributed by atoms with Crippen LogP contribution in [-0.2, 0) is 0 Å². The van der Waals surface area contributed by atoms with Crippen molar-refractivity contribution in [3.8, 4) is 66.8 Å². The number of benzene rings is 14. The van der Waals surface area contributed by atoms with Gasteiger partial charge in [0.15, 0.2) is 0 Å². The second-order valence-corrected chi connectivity index (χ2v) is 18.6. The highest BCUT2D eigenvalue weighted by Crippen LogP contribution is 2.48. The lowest BCUT2D eigenvalue weighted by molar-refractivity contribution is 1.61. The minimum absolute atomic E-state index is 1.19. The number of hydrogen-bond acceptors (Lipinski definition) is 0. The molecule has 0 N–H and O–H groups in total. The van der Waals surface area contributed by atoms with Gasteiger partial charge < -0.3 is 0 Å². The van der Waals surface area contributed by atoms with Crippen LogP contribution in [0.1, 0.15) is 0 Å². The Morgan fingerprint density at radius 2 is 0.557 bits per heavy atom. The normalized spacial score (nSPS) is 11.7. The van der Waals surface area contributed by atoms with Crippen molar-refractivity contribution in [3.05, 3.63) is 267 Å². The van der Waals surface area contributed by atoms with Gasteiger partial charge in [0, 0.05) is 0 Å². The molecule has 0 amide bonds. The van der Waals surface area contributed by atoms with E-state index in [-0.39, 0.29) is 0 Å². The number of hydrogen-bond donors (Lipinski definition) is 0. The largest absolute Gasteiger partial charge is 0.0616 e. The summed E-state index contributed by atoms with van der Waals surface area (Å²) in [6.07, 6.45) is 0. The zero-order valence-electron chi connectivity index (χ0n) is 38.4. The Labute approximate surface area is 407 Å². The maximum Gasteiger partial charge on any atom is -0.00201 e. The molecule has 0 bridgehead atoms. The van der Waals surface area contributed by atoms with Crippen LogP contribution in [0.3, 0.4) is 0 Å². The molecule has 0 atom stereocenters. The van der Waals surface area contributed by atoms with Crippen molar-refractivity contribution >= 4 is 75.4 Å². The van der Waals surface area contributed by atoms with Gasteiger partial charge in [-0.15, -0.1) is 0 Å². The Bertz CT molecular complexity index is 4350. The summed E-state index contributed by atoms with van der Waals surface area (Å²) in [7, 11) is 0. The molecule has 14 rings (SSSR count). The molecule has 70 heavy (non-hydrogen) atoms. The average molecular weight is 885 g/mol. The predicted octanol–water partition coefficient (Wildman–Crippen LogP) is 19.8. The van der Waals surface area contributed by atoms with E-state index in [4.69, 9.17) is 0 Å². The lowest BCUT2D eigenvalue weighted by atomic mass is 9.83. The van der Waals surface area contributed by atoms with E-state index in [1.54, 1.807) is 0 Å². The van der Waals surface area contributed by atoms with Crippen molar-refractivity contribution in [1.82, 2.24) is 0 Å². The molecule has 0 aliphatic rings. The van der Waals surface area contributed by atoms with Crippen molar-refractivity contribution in [3.63, 3.8) is 0 Å². The van der Waals surface area contributed by atoms with Crippen LogP contribution in [0.15, 0.2) is 267 Å². The minimum Gasteiger partial charge on any atom is -0.0616 e. The first kappa shape index (κ1) is 40.0. The minimum atomic E-state index is 1.19. The molecule has 0 fully saturated rings. The van der Waals surface area contributed by atoms with Crippen molar-refractivity contribution in [2.24, 2.45) is 0 Å². The molecular weight excluding hydrogens is 841 g/mol. The molecular formula is C70H44. The van der Waals surface area contributed by atoms with Crippen LogP contribution in [0.2, 0.25) is 0 Å². The molecule has 0 aliphatic heterocycles. The molecule has 0 heteroatoms. The topological polar surface area (TPSA) is 0 Å². The molecule has 0 saturated carbocycles. The van der Waals surface area contributed by atoms with Crippen molar-refractivity contribution in [2.75, 3.05) is 0 Å². The third-order valence-electron chi connectivity index (χ3n) is 14.8. The van der Waals surface area contributed by atoms with E-state index >= 15 is 0 Å². The van der Waals surface area contributed by atoms with E-state index in [1.807, 2.05) is 0 Å². The molecule has 14 aromatic carbocycles. The highest BCUT2D eigenvalue weighted by molar-refractivity contribution is 6.25. The zero-order valence-corrected chi connectivity index (χ0v) is 38.4. The van der Waals surface area contributed by atoms with Gasteiger partial charge >= 0.3 is 0 Å². The standard InChI is InChI=1S/C70H44/c1-2-20-48-43-51(38-37-45(48)17-1)68-62-29-9-11-31-64(62)70(65-32-12-10-30-63(65)68)67-41-39-54(56-27-7-8-28-59(56)67)49-23-13-24-50(44-49)55-33-16-36-61-60(57-34-14-21-46-18-3-5-25-52(46)57)40-42-66(69(55)61)58-35-15-22-47-19-4-6-26-53(47)58/h1-44H. The first-order valence-electron chi connectivity index (χ1n) is 24.3. The molecule has 0 saturated heterocycles. The highest BCUT2D eigenvalue weighted by atomic mass is 14.2. The van der Waals surface area contributed by atoms with Gasteiger partial charge in [-0.05, 0) is 154 Å². The van der Waals surface area contributed by atoms with Gasteiger partial charge in [-0.2, -0.15) is 0 Å². The fourth-order valence-corrected chi connectivity index (χ4v) is 11.7. The lowest BCUT2D eigenvalue weighted by Crippen LogP contribution is -1.93. The summed E-state index contributed by atoms with van der Waals surface area (Å²) in [6.45, 7) is 0. The smallest absolute Gasteiger partial charge is 0.00201 e. The Morgan fingerprint density at radius 1 is 0.157 bits per heavy atom. The van der Waals surface area contributed by atoms with E-state index in [0.29, 0.717) is 0 Å². The van der Waals surface area contributed by atoms with Crippen molar-refractivity contribution in [2.45, 2.75) is 0 Å². The fraction of sp³-hybridized carbons (Fsp3) is 0. The number of rotatable bonds is 6. The summed E-state index contributed by atoms with van der Waals surface area (Å²) in [5.41, 5.74) is 14.8. The van der Waals surface area contributed by atoms with Crippen molar-refractivity contribution < 1.29 is 0 Å². The predicted molar refractivity (Wildman–Crippen MR) is 302 cm³/mol. The van der Waals surface area contributed by atoms with E-state index in [2.05, 4.69) is 267 Å². The van der Waals surface area contributed by atoms with Crippen LogP contribution in [0.4, 0.5) is 0 Å². The first-order valence-corrected chi connectivity index (χ1v) is 24.3. The quantitative estimate of drug-likeness (QED) is 0.146. The summed E-state index contributed by atoms with van der Waals surface area (Å²) in [5.74, 6) is 0. The van der Waals surface area contributed by atoms with Gasteiger partial charge in [0.25, 0.3) is 0 Å². The first-order chi connectivity index (χ1) is 34.7. The van der Waals surface area contributed by atoms with E-state index < -0.39 is 0 Å². The number of fused-ring (bicyclic) bond motifs is 7. The van der Waals surface area contributed by atoms with Crippen LogP contribution >= 0.6 is 0 Å². The van der Waals surface area contributed by atoms with Gasteiger partial charge in [-0.3, -0.25) is 0 Å². The molecule has 0 unspecified atom stereocenters. The molecule has 0 aliphatic carbocycles. The molecule has 0 heterocycles. The van der Waals surface area contributed by atoms with Gasteiger partial charge in [0.2, 0.25) is 0 Å². The molecule has 0 radical (unpaired) electrons. The summed E-state index contributed by atoms with van der Waals surface area (Å²) in [6, 6.07) is 99.1. The van der Waals surface area contributed by atoms with Crippen LogP contribution in [0.5, 0.6) is 0 Å². The SMILES string of the molecule is c1cc(-c2ccc(-c3c4ccccc4c(-c4ccc5ccccc5c4)c4ccccc34)c3ccccc23)cc(-c2cccc3c(-c4cccc5ccccc45)ccc(-c4cccc5ccccc45)c23)c1. The van der Waals surface area contributed by atoms with Gasteiger partial charge in [0.1, 0.15) is 0 Å². The molecule has 0 nitrogen and oxygen atoms in total. The Kier molecular flexibility index (Phi) is 9.32. The van der Waals surface area contributed by atoms with E-state index in [1.165, 1.54) is 142 Å². The zero-order chi connectivity index (χ0) is 46.1. The Morgan fingerprint density at radius 3 is 1.21 bits per heavy atom. The van der Waals surface area contributed by atoms with Crippen LogP contribution < -0.4 is 0 Å². The van der Waals surface area contributed by atoms with Crippen LogP contribution in [0.25, 0.3) is 142 Å². The Balaban J connectivity index is 0.968. The third kappa shape index (κ3) is 6.38. The lowest BCUT2D eigenvalue weighted by Gasteiger charge is -2.20. The fourth-order valence-electron chi connectivity index (χ4n) is 11.7. The van der Waals surface area contributed by atoms with E-state index in [9.17, 15) is 0 Å². The monoisotopic (exact) mass is 884 g/mol. The molecule has 0 aromatic heterocycles. The van der Waals surface area contributed by atoms with Gasteiger partial charge in [0.05, 0.1) is 0 Å². The summed E-state index contributed by atoms with van der Waals surface area (Å²) >= 11 is 0. The van der Waals surface area contributed by atoms with Crippen LogP contribution in [-0.4, -0.2) is 0 Å². The second-order valence-electron chi connectivity index (χ2n) is 18.6. The average Bonchev–Trinajstić information content (AvgIpc) is 3.43. The maximum absolute atomic E-state index is 2.41. The summed E-state index contributed by atoms with van der Waals surface area (Å²) in [4.78, 5) is 0. The third-order valence-corrected chi connectivity index (χ3v) is 14.8.